The van der Waals surface area contributed by atoms with Gasteiger partial charge in [-0.1, -0.05) is 12.1 Å². The average Bonchev–Trinajstić information content (AvgIpc) is 2.28. The van der Waals surface area contributed by atoms with Crippen LogP contribution >= 0.6 is 0 Å². The number of alkyl halides is 3. The Balaban J connectivity index is 2.83. The second kappa shape index (κ2) is 3.95. The van der Waals surface area contributed by atoms with Crippen molar-refractivity contribution in [2.24, 2.45) is 5.11 Å². The van der Waals surface area contributed by atoms with Crippen LogP contribution < -0.4 is 4.91 Å². The van der Waals surface area contributed by atoms with Crippen molar-refractivity contribution >= 4 is 16.6 Å². The fourth-order valence-electron chi connectivity index (χ4n) is 1.53. The average molecular weight is 239 g/mol. The van der Waals surface area contributed by atoms with E-state index in [1.54, 1.807) is 0 Å². The summed E-state index contributed by atoms with van der Waals surface area (Å²) in [6.07, 6.45) is -3.26. The zero-order valence-corrected chi connectivity index (χ0v) is 8.36. The summed E-state index contributed by atoms with van der Waals surface area (Å²) >= 11 is 0. The third-order valence-corrected chi connectivity index (χ3v) is 2.21. The zero-order chi connectivity index (χ0) is 12.5. The molecule has 1 N–H and O–H groups in total. The zero-order valence-electron chi connectivity index (χ0n) is 8.36. The van der Waals surface area contributed by atoms with Crippen LogP contribution in [0.3, 0.4) is 0 Å². The van der Waals surface area contributed by atoms with Crippen molar-refractivity contribution in [3.05, 3.63) is 36.0 Å². The summed E-state index contributed by atoms with van der Waals surface area (Å²) in [4.78, 5) is 6.52. The molecule has 1 heterocycles. The summed E-state index contributed by atoms with van der Waals surface area (Å²) in [5, 5.41) is 3.66. The highest BCUT2D eigenvalue weighted by Gasteiger charge is 2.33. The van der Waals surface area contributed by atoms with Crippen molar-refractivity contribution in [1.82, 2.24) is 9.90 Å². The van der Waals surface area contributed by atoms with Crippen molar-refractivity contribution in [3.63, 3.8) is 0 Å². The fraction of sp³-hybridized carbons (Fsp3) is 0.100. The number of hydrogen-bond donors (Lipinski definition) is 1. The molecule has 0 unspecified atom stereocenters. The molecule has 86 valence electrons. The van der Waals surface area contributed by atoms with Gasteiger partial charge in [0.1, 0.15) is 5.53 Å². The Morgan fingerprint density at radius 1 is 1.24 bits per heavy atom. The molecular formula is C10H6F3N4+. The van der Waals surface area contributed by atoms with Crippen LogP contribution in [0.5, 0.6) is 0 Å². The number of halogens is 3. The first kappa shape index (κ1) is 11.2. The second-order valence-corrected chi connectivity index (χ2v) is 3.23. The van der Waals surface area contributed by atoms with E-state index in [9.17, 15) is 13.2 Å². The van der Waals surface area contributed by atoms with Crippen LogP contribution in [-0.2, 0) is 6.18 Å². The number of benzene rings is 1. The van der Waals surface area contributed by atoms with Crippen LogP contribution in [0.4, 0.5) is 18.9 Å². The molecule has 0 atom stereocenters. The predicted molar refractivity (Wildman–Crippen MR) is 53.7 cm³/mol. The first-order valence-corrected chi connectivity index (χ1v) is 4.56. The second-order valence-electron chi connectivity index (χ2n) is 3.23. The van der Waals surface area contributed by atoms with Crippen LogP contribution in [-0.4, -0.2) is 4.98 Å². The normalized spacial score (nSPS) is 11.2. The highest BCUT2D eigenvalue weighted by molar-refractivity contribution is 5.91. The fourth-order valence-corrected chi connectivity index (χ4v) is 1.53. The van der Waals surface area contributed by atoms with Crippen molar-refractivity contribution in [3.8, 4) is 0 Å². The Morgan fingerprint density at radius 3 is 2.65 bits per heavy atom. The number of nitrogens with one attached hydrogen (secondary N) is 1. The van der Waals surface area contributed by atoms with Gasteiger partial charge in [-0.3, -0.25) is 4.98 Å². The molecular weight excluding hydrogens is 233 g/mol. The lowest BCUT2D eigenvalue weighted by atomic mass is 10.1. The van der Waals surface area contributed by atoms with E-state index in [0.717, 1.165) is 6.07 Å². The number of hydrogen-bond acceptors (Lipinski definition) is 3. The third kappa shape index (κ3) is 2.00. The van der Waals surface area contributed by atoms with E-state index in [2.05, 4.69) is 15.0 Å². The van der Waals surface area contributed by atoms with Crippen LogP contribution in [0.2, 0.25) is 0 Å². The Labute approximate surface area is 93.3 Å². The lowest BCUT2D eigenvalue weighted by Crippen LogP contribution is -2.06. The first-order valence-electron chi connectivity index (χ1n) is 4.56. The predicted octanol–water partition coefficient (Wildman–Crippen LogP) is 3.44. The monoisotopic (exact) mass is 239 g/mol. The van der Waals surface area contributed by atoms with Crippen LogP contribution in [0, 0.1) is 5.53 Å². The van der Waals surface area contributed by atoms with E-state index in [-0.39, 0.29) is 16.6 Å². The first-order chi connectivity index (χ1) is 8.04. The van der Waals surface area contributed by atoms with Gasteiger partial charge >= 0.3 is 6.18 Å². The minimum Gasteiger partial charge on any atom is -0.255 e. The summed E-state index contributed by atoms with van der Waals surface area (Å²) < 4.78 is 38.1. The van der Waals surface area contributed by atoms with Gasteiger partial charge in [-0.2, -0.15) is 13.2 Å². The van der Waals surface area contributed by atoms with E-state index in [4.69, 9.17) is 5.53 Å². The van der Waals surface area contributed by atoms with Gasteiger partial charge in [0.2, 0.25) is 4.91 Å². The van der Waals surface area contributed by atoms with E-state index >= 15 is 0 Å². The molecule has 0 aliphatic rings. The molecule has 0 aliphatic carbocycles. The Morgan fingerprint density at radius 2 is 2.00 bits per heavy atom. The molecule has 1 aromatic carbocycles. The van der Waals surface area contributed by atoms with E-state index in [1.165, 1.54) is 24.4 Å². The molecule has 0 fully saturated rings. The highest BCUT2D eigenvalue weighted by Crippen LogP contribution is 2.36. The molecule has 0 saturated heterocycles. The highest BCUT2D eigenvalue weighted by atomic mass is 19.4. The van der Waals surface area contributed by atoms with E-state index in [0.29, 0.717) is 0 Å². The standard InChI is InChI=1S/C10H6F3N4/c11-10(12,13)7-3-1-2-6-8(16-17-14)4-5-15-9(6)7/h1-5,14H/q+1. The van der Waals surface area contributed by atoms with Crippen molar-refractivity contribution in [2.45, 2.75) is 6.18 Å². The quantitative estimate of drug-likeness (QED) is 0.601. The van der Waals surface area contributed by atoms with Crippen molar-refractivity contribution < 1.29 is 13.2 Å². The molecule has 1 aromatic heterocycles. The molecule has 0 aliphatic heterocycles. The number of rotatable bonds is 1. The van der Waals surface area contributed by atoms with Gasteiger partial charge in [0, 0.05) is 11.6 Å². The Hall–Kier alpha value is -2.27. The SMILES string of the molecule is N=[N+]=Nc1ccnc2c(C(F)(F)F)cccc12. The minimum atomic E-state index is -4.47. The molecule has 0 saturated carbocycles. The lowest BCUT2D eigenvalue weighted by molar-refractivity contribution is -0.136. The Bertz CT molecular complexity index is 614. The molecule has 7 heteroatoms. The maximum atomic E-state index is 12.7. The van der Waals surface area contributed by atoms with Crippen LogP contribution in [0.25, 0.3) is 10.9 Å². The molecule has 0 amide bonds. The maximum absolute atomic E-state index is 12.7. The number of fused-ring (bicyclic) bond motifs is 1. The number of aromatic nitrogens is 1. The van der Waals surface area contributed by atoms with Gasteiger partial charge in [0.25, 0.3) is 0 Å². The number of nitrogens with zero attached hydrogens (tertiary/aromatic N) is 3. The Kier molecular flexibility index (Phi) is 2.61. The van der Waals surface area contributed by atoms with Gasteiger partial charge in [0.05, 0.1) is 11.1 Å². The van der Waals surface area contributed by atoms with Gasteiger partial charge in [-0.05, 0) is 12.1 Å². The van der Waals surface area contributed by atoms with Gasteiger partial charge < -0.3 is 0 Å². The summed E-state index contributed by atoms with van der Waals surface area (Å²) in [5.41, 5.74) is 5.79. The van der Waals surface area contributed by atoms with Crippen molar-refractivity contribution in [1.29, 1.82) is 5.53 Å². The summed E-state index contributed by atoms with van der Waals surface area (Å²) in [6, 6.07) is 5.09. The van der Waals surface area contributed by atoms with Crippen LogP contribution in [0.1, 0.15) is 5.56 Å². The van der Waals surface area contributed by atoms with Gasteiger partial charge in [-0.15, -0.1) is 0 Å². The van der Waals surface area contributed by atoms with Crippen molar-refractivity contribution in [2.75, 3.05) is 0 Å². The minimum absolute atomic E-state index is 0.190. The van der Waals surface area contributed by atoms with Gasteiger partial charge in [-0.25, -0.2) is 0 Å². The van der Waals surface area contributed by atoms with Crippen LogP contribution in [0.15, 0.2) is 35.6 Å². The molecule has 2 rings (SSSR count). The summed E-state index contributed by atoms with van der Waals surface area (Å²) in [7, 11) is 0. The smallest absolute Gasteiger partial charge is 0.255 e. The molecule has 17 heavy (non-hydrogen) atoms. The largest absolute Gasteiger partial charge is 0.418 e. The molecule has 0 bridgehead atoms. The molecule has 4 nitrogen and oxygen atoms in total. The van der Waals surface area contributed by atoms with E-state index < -0.39 is 11.7 Å². The van der Waals surface area contributed by atoms with E-state index in [1.807, 2.05) is 0 Å². The molecule has 2 aromatic rings. The summed E-state index contributed by atoms with van der Waals surface area (Å²) in [6.45, 7) is 0. The van der Waals surface area contributed by atoms with Gasteiger partial charge in [0.15, 0.2) is 10.8 Å². The lowest BCUT2D eigenvalue weighted by Gasteiger charge is -2.08. The summed E-state index contributed by atoms with van der Waals surface area (Å²) in [5.74, 6) is 0. The topological polar surface area (TPSA) is 63.2 Å². The number of pyridine rings is 1. The third-order valence-electron chi connectivity index (χ3n) is 2.21. The molecule has 0 radical (unpaired) electrons. The number of para-hydroxylation sites is 1. The maximum Gasteiger partial charge on any atom is 0.418 e. The molecule has 0 spiro atoms.